The van der Waals surface area contributed by atoms with Gasteiger partial charge in [0.25, 0.3) is 0 Å². The molecule has 0 spiro atoms. The van der Waals surface area contributed by atoms with Gasteiger partial charge in [-0.15, -0.1) is 0 Å². The number of carbonyl (C=O) groups excluding carboxylic acids is 2. The van der Waals surface area contributed by atoms with Crippen LogP contribution < -0.4 is 10.6 Å². The van der Waals surface area contributed by atoms with E-state index in [4.69, 9.17) is 4.74 Å². The van der Waals surface area contributed by atoms with Crippen molar-refractivity contribution in [2.45, 2.75) is 63.5 Å². The quantitative estimate of drug-likeness (QED) is 0.535. The monoisotopic (exact) mass is 464 g/mol. The molecule has 4 rings (SSSR count). The molecular formula is C27H32N2O5. The van der Waals surface area contributed by atoms with Gasteiger partial charge in [0.15, 0.2) is 0 Å². The summed E-state index contributed by atoms with van der Waals surface area (Å²) in [6.45, 7) is 3.69. The van der Waals surface area contributed by atoms with Gasteiger partial charge >= 0.3 is 12.1 Å². The molecule has 0 radical (unpaired) electrons. The van der Waals surface area contributed by atoms with Gasteiger partial charge in [-0.05, 0) is 42.0 Å². The standard InChI is InChI=1S/C27H32N2O5/c1-17(25(32)29-27(15-24(30)31)13-7-8-14-27)18(2)28-26(33)34-16-23-21-11-5-3-9-19(21)20-10-4-6-12-22(20)23/h3-6,9-12,17-18,23H,7-8,13-16H2,1-2H3,(H,28,33)(H,29,32)(H,30,31). The Hall–Kier alpha value is -3.35. The Kier molecular flexibility index (Phi) is 6.91. The molecule has 2 atom stereocenters. The summed E-state index contributed by atoms with van der Waals surface area (Å²) < 4.78 is 5.59. The summed E-state index contributed by atoms with van der Waals surface area (Å²) in [5.74, 6) is -1.74. The van der Waals surface area contributed by atoms with Gasteiger partial charge < -0.3 is 20.5 Å². The van der Waals surface area contributed by atoms with Gasteiger partial charge in [0.1, 0.15) is 6.61 Å². The zero-order chi connectivity index (χ0) is 24.3. The van der Waals surface area contributed by atoms with Crippen LogP contribution in [0.3, 0.4) is 0 Å². The van der Waals surface area contributed by atoms with E-state index in [1.165, 1.54) is 0 Å². The molecule has 0 aromatic heterocycles. The fourth-order valence-corrected chi connectivity index (χ4v) is 5.24. The maximum atomic E-state index is 12.9. The van der Waals surface area contributed by atoms with Gasteiger partial charge in [0, 0.05) is 12.0 Å². The lowest BCUT2D eigenvalue weighted by Gasteiger charge is -2.31. The first-order chi connectivity index (χ1) is 16.3. The minimum absolute atomic E-state index is 0.0348. The number of fused-ring (bicyclic) bond motifs is 3. The molecule has 180 valence electrons. The van der Waals surface area contributed by atoms with Crippen molar-refractivity contribution in [2.75, 3.05) is 6.61 Å². The van der Waals surface area contributed by atoms with Crippen molar-refractivity contribution >= 4 is 18.0 Å². The molecule has 34 heavy (non-hydrogen) atoms. The van der Waals surface area contributed by atoms with Crippen LogP contribution in [0.5, 0.6) is 0 Å². The Balaban J connectivity index is 1.33. The molecule has 2 amide bonds. The highest BCUT2D eigenvalue weighted by atomic mass is 16.5. The molecule has 0 heterocycles. The number of carboxylic acid groups (broad SMARTS) is 1. The largest absolute Gasteiger partial charge is 0.481 e. The van der Waals surface area contributed by atoms with Crippen LogP contribution in [0.15, 0.2) is 48.5 Å². The molecule has 0 aliphatic heterocycles. The number of benzene rings is 2. The normalized spacial score (nSPS) is 17.8. The van der Waals surface area contributed by atoms with Gasteiger partial charge in [-0.2, -0.15) is 0 Å². The van der Waals surface area contributed by atoms with Crippen molar-refractivity contribution in [3.8, 4) is 11.1 Å². The maximum Gasteiger partial charge on any atom is 0.407 e. The third-order valence-corrected chi connectivity index (χ3v) is 7.29. The van der Waals surface area contributed by atoms with E-state index in [1.807, 2.05) is 24.3 Å². The lowest BCUT2D eigenvalue weighted by Crippen LogP contribution is -2.52. The lowest BCUT2D eigenvalue weighted by molar-refractivity contribution is -0.139. The van der Waals surface area contributed by atoms with Crippen LogP contribution in [0.2, 0.25) is 0 Å². The lowest BCUT2D eigenvalue weighted by atomic mass is 9.91. The van der Waals surface area contributed by atoms with Gasteiger partial charge in [-0.1, -0.05) is 68.3 Å². The number of nitrogens with one attached hydrogen (secondary N) is 2. The van der Waals surface area contributed by atoms with E-state index in [1.54, 1.807) is 13.8 Å². The van der Waals surface area contributed by atoms with Crippen LogP contribution in [-0.2, 0) is 14.3 Å². The third-order valence-electron chi connectivity index (χ3n) is 7.29. The molecule has 1 fully saturated rings. The van der Waals surface area contributed by atoms with E-state index in [0.29, 0.717) is 12.8 Å². The van der Waals surface area contributed by atoms with Crippen molar-refractivity contribution in [1.29, 1.82) is 0 Å². The predicted molar refractivity (Wildman–Crippen MR) is 128 cm³/mol. The fourth-order valence-electron chi connectivity index (χ4n) is 5.24. The predicted octanol–water partition coefficient (Wildman–Crippen LogP) is 4.45. The van der Waals surface area contributed by atoms with E-state index in [0.717, 1.165) is 35.1 Å². The van der Waals surface area contributed by atoms with E-state index < -0.39 is 29.6 Å². The second-order valence-corrected chi connectivity index (χ2v) is 9.59. The van der Waals surface area contributed by atoms with Crippen LogP contribution >= 0.6 is 0 Å². The van der Waals surface area contributed by atoms with Crippen molar-refractivity contribution in [3.63, 3.8) is 0 Å². The van der Waals surface area contributed by atoms with Crippen molar-refractivity contribution < 1.29 is 24.2 Å². The smallest absolute Gasteiger partial charge is 0.407 e. The zero-order valence-corrected chi connectivity index (χ0v) is 19.7. The van der Waals surface area contributed by atoms with Crippen LogP contribution in [-0.4, -0.2) is 41.3 Å². The molecule has 7 nitrogen and oxygen atoms in total. The zero-order valence-electron chi connectivity index (χ0n) is 19.7. The molecule has 2 aliphatic rings. The highest BCUT2D eigenvalue weighted by Gasteiger charge is 2.39. The minimum Gasteiger partial charge on any atom is -0.481 e. The van der Waals surface area contributed by atoms with Crippen molar-refractivity contribution in [1.82, 2.24) is 10.6 Å². The van der Waals surface area contributed by atoms with E-state index in [2.05, 4.69) is 34.9 Å². The first-order valence-electron chi connectivity index (χ1n) is 11.9. The Morgan fingerprint density at radius 3 is 2.12 bits per heavy atom. The summed E-state index contributed by atoms with van der Waals surface area (Å²) in [6, 6.07) is 15.8. The summed E-state index contributed by atoms with van der Waals surface area (Å²) in [7, 11) is 0. The SMILES string of the molecule is CC(NC(=O)OCC1c2ccccc2-c2ccccc21)C(C)C(=O)NC1(CC(=O)O)CCCC1. The number of ether oxygens (including phenoxy) is 1. The van der Waals surface area contributed by atoms with Gasteiger partial charge in [-0.3, -0.25) is 9.59 Å². The second-order valence-electron chi connectivity index (χ2n) is 9.59. The summed E-state index contributed by atoms with van der Waals surface area (Å²) in [5, 5.41) is 15.0. The molecular weight excluding hydrogens is 432 g/mol. The first-order valence-corrected chi connectivity index (χ1v) is 11.9. The average Bonchev–Trinajstić information content (AvgIpc) is 3.39. The molecule has 0 saturated heterocycles. The molecule has 0 bridgehead atoms. The summed E-state index contributed by atoms with van der Waals surface area (Å²) in [5.41, 5.74) is 3.90. The molecule has 2 aromatic carbocycles. The van der Waals surface area contributed by atoms with Crippen LogP contribution in [0, 0.1) is 5.92 Å². The number of alkyl carbamates (subject to hydrolysis) is 1. The summed E-state index contributed by atoms with van der Waals surface area (Å²) >= 11 is 0. The highest BCUT2D eigenvalue weighted by Crippen LogP contribution is 2.44. The van der Waals surface area contributed by atoms with E-state index in [-0.39, 0.29) is 24.9 Å². The molecule has 2 unspecified atom stereocenters. The molecule has 3 N–H and O–H groups in total. The van der Waals surface area contributed by atoms with Gasteiger partial charge in [0.05, 0.1) is 17.9 Å². The Morgan fingerprint density at radius 1 is 1.00 bits per heavy atom. The van der Waals surface area contributed by atoms with E-state index in [9.17, 15) is 19.5 Å². The van der Waals surface area contributed by atoms with Crippen LogP contribution in [0.25, 0.3) is 11.1 Å². The number of hydrogen-bond acceptors (Lipinski definition) is 4. The number of hydrogen-bond donors (Lipinski definition) is 3. The second kappa shape index (κ2) is 9.87. The average molecular weight is 465 g/mol. The number of amides is 2. The number of carboxylic acids is 1. The topological polar surface area (TPSA) is 105 Å². The van der Waals surface area contributed by atoms with Crippen molar-refractivity contribution in [2.24, 2.45) is 5.92 Å². The van der Waals surface area contributed by atoms with Crippen molar-refractivity contribution in [3.05, 3.63) is 59.7 Å². The third kappa shape index (κ3) is 4.93. The van der Waals surface area contributed by atoms with Crippen LogP contribution in [0.1, 0.15) is 63.0 Å². The Bertz CT molecular complexity index is 1030. The Morgan fingerprint density at radius 2 is 1.56 bits per heavy atom. The number of aliphatic carboxylic acids is 1. The molecule has 2 aliphatic carbocycles. The van der Waals surface area contributed by atoms with Crippen LogP contribution in [0.4, 0.5) is 4.79 Å². The molecule has 7 heteroatoms. The maximum absolute atomic E-state index is 12.9. The van der Waals surface area contributed by atoms with Gasteiger partial charge in [0.2, 0.25) is 5.91 Å². The number of carbonyl (C=O) groups is 3. The summed E-state index contributed by atoms with van der Waals surface area (Å²) in [6.07, 6.45) is 2.46. The Labute approximate surface area is 199 Å². The van der Waals surface area contributed by atoms with E-state index >= 15 is 0 Å². The molecule has 2 aromatic rings. The minimum atomic E-state index is -0.917. The highest BCUT2D eigenvalue weighted by molar-refractivity contribution is 5.82. The van der Waals surface area contributed by atoms with Gasteiger partial charge in [-0.25, -0.2) is 4.79 Å². The number of rotatable bonds is 8. The fraction of sp³-hybridized carbons (Fsp3) is 0.444. The first kappa shape index (κ1) is 23.8. The summed E-state index contributed by atoms with van der Waals surface area (Å²) in [4.78, 5) is 36.7. The molecule has 1 saturated carbocycles.